The van der Waals surface area contributed by atoms with Gasteiger partial charge in [-0.25, -0.2) is 0 Å². The van der Waals surface area contributed by atoms with Gasteiger partial charge in [-0.2, -0.15) is 5.26 Å². The summed E-state index contributed by atoms with van der Waals surface area (Å²) in [5.74, 6) is 0.352. The van der Waals surface area contributed by atoms with Crippen LogP contribution in [0.25, 0.3) is 0 Å². The van der Waals surface area contributed by atoms with Crippen LogP contribution in [0.1, 0.15) is 35.5 Å². The van der Waals surface area contributed by atoms with Crippen molar-refractivity contribution in [1.82, 2.24) is 9.80 Å². The molecular weight excluding hydrogens is 314 g/mol. The Hall–Kier alpha value is -2.58. The Kier molecular flexibility index (Phi) is 4.91. The van der Waals surface area contributed by atoms with Crippen molar-refractivity contribution in [2.24, 2.45) is 0 Å². The van der Waals surface area contributed by atoms with Gasteiger partial charge in [0.2, 0.25) is 0 Å². The maximum atomic E-state index is 12.3. The van der Waals surface area contributed by atoms with Crippen LogP contribution in [0.3, 0.4) is 0 Å². The molecule has 1 saturated heterocycles. The second-order valence-electron chi connectivity index (χ2n) is 6.94. The van der Waals surface area contributed by atoms with E-state index in [-0.39, 0.29) is 5.91 Å². The van der Waals surface area contributed by atoms with Crippen LogP contribution in [-0.2, 0) is 12.0 Å². The molecule has 1 amide bonds. The minimum atomic E-state index is -0.506. The maximum absolute atomic E-state index is 12.3. The topological polar surface area (TPSA) is 60.5 Å². The molecule has 0 bridgehead atoms. The summed E-state index contributed by atoms with van der Waals surface area (Å²) in [6, 6.07) is 14.0. The molecule has 5 nitrogen and oxygen atoms in total. The molecule has 2 aromatic rings. The van der Waals surface area contributed by atoms with E-state index >= 15 is 0 Å². The minimum Gasteiger partial charge on any atom is -0.459 e. The molecule has 1 aliphatic heterocycles. The van der Waals surface area contributed by atoms with Crippen molar-refractivity contribution in [1.29, 1.82) is 5.26 Å². The molecule has 1 fully saturated rings. The third-order valence-electron chi connectivity index (χ3n) is 4.76. The standard InChI is InChI=1S/C20H23N3O2/c1-20(2,15-21)17-7-4-3-6-16(17)14-22-9-11-23(12-10-22)19(24)18-8-5-13-25-18/h3-8,13H,9-12,14H2,1-2H3. The number of furan rings is 1. The number of hydrogen-bond donors (Lipinski definition) is 0. The van der Waals surface area contributed by atoms with Gasteiger partial charge in [-0.3, -0.25) is 9.69 Å². The van der Waals surface area contributed by atoms with E-state index in [0.29, 0.717) is 18.8 Å². The Morgan fingerprint density at radius 3 is 2.52 bits per heavy atom. The quantitative estimate of drug-likeness (QED) is 0.860. The van der Waals surface area contributed by atoms with Gasteiger partial charge < -0.3 is 9.32 Å². The lowest BCUT2D eigenvalue weighted by atomic mass is 9.83. The first-order valence-electron chi connectivity index (χ1n) is 8.56. The van der Waals surface area contributed by atoms with Crippen LogP contribution < -0.4 is 0 Å². The highest BCUT2D eigenvalue weighted by Gasteiger charge is 2.26. The van der Waals surface area contributed by atoms with Crippen LogP contribution in [0, 0.1) is 11.3 Å². The predicted molar refractivity (Wildman–Crippen MR) is 95.0 cm³/mol. The lowest BCUT2D eigenvalue weighted by molar-refractivity contribution is 0.0597. The van der Waals surface area contributed by atoms with Crippen LogP contribution in [0.2, 0.25) is 0 Å². The van der Waals surface area contributed by atoms with E-state index in [0.717, 1.165) is 25.2 Å². The molecule has 3 rings (SSSR count). The Morgan fingerprint density at radius 2 is 1.88 bits per heavy atom. The molecular formula is C20H23N3O2. The van der Waals surface area contributed by atoms with Gasteiger partial charge in [0.05, 0.1) is 17.7 Å². The van der Waals surface area contributed by atoms with Crippen molar-refractivity contribution < 1.29 is 9.21 Å². The molecule has 1 aliphatic rings. The molecule has 0 N–H and O–H groups in total. The zero-order chi connectivity index (χ0) is 17.9. The van der Waals surface area contributed by atoms with E-state index in [1.807, 2.05) is 36.9 Å². The van der Waals surface area contributed by atoms with Gasteiger partial charge in [0.25, 0.3) is 5.91 Å². The number of piperazine rings is 1. The summed E-state index contributed by atoms with van der Waals surface area (Å²) < 4.78 is 5.20. The normalized spacial score (nSPS) is 15.8. The van der Waals surface area contributed by atoms with Crippen molar-refractivity contribution in [2.75, 3.05) is 26.2 Å². The van der Waals surface area contributed by atoms with Gasteiger partial charge in [-0.05, 0) is 37.1 Å². The summed E-state index contributed by atoms with van der Waals surface area (Å²) in [4.78, 5) is 16.5. The highest BCUT2D eigenvalue weighted by molar-refractivity contribution is 5.91. The summed E-state index contributed by atoms with van der Waals surface area (Å²) >= 11 is 0. The van der Waals surface area contributed by atoms with Crippen molar-refractivity contribution in [3.05, 3.63) is 59.5 Å². The molecule has 130 valence electrons. The molecule has 25 heavy (non-hydrogen) atoms. The summed E-state index contributed by atoms with van der Waals surface area (Å²) in [5.41, 5.74) is 1.75. The predicted octanol–water partition coefficient (Wildman–Crippen LogP) is 3.04. The number of hydrogen-bond acceptors (Lipinski definition) is 4. The number of nitriles is 1. The monoisotopic (exact) mass is 337 g/mol. The Labute approximate surface area is 148 Å². The molecule has 0 saturated carbocycles. The van der Waals surface area contributed by atoms with Crippen LogP contribution in [0.5, 0.6) is 0 Å². The first-order chi connectivity index (χ1) is 12.0. The van der Waals surface area contributed by atoms with Crippen molar-refractivity contribution in [2.45, 2.75) is 25.8 Å². The van der Waals surface area contributed by atoms with Crippen LogP contribution >= 0.6 is 0 Å². The Bertz CT molecular complexity index is 766. The molecule has 0 aliphatic carbocycles. The van der Waals surface area contributed by atoms with Gasteiger partial charge in [0.15, 0.2) is 5.76 Å². The number of carbonyl (C=O) groups is 1. The van der Waals surface area contributed by atoms with E-state index in [1.165, 1.54) is 11.8 Å². The number of benzene rings is 1. The molecule has 0 unspecified atom stereocenters. The SMILES string of the molecule is CC(C)(C#N)c1ccccc1CN1CCN(C(=O)c2ccco2)CC1. The fourth-order valence-corrected chi connectivity index (χ4v) is 3.23. The summed E-state index contributed by atoms with van der Waals surface area (Å²) in [5, 5.41) is 9.45. The number of carbonyl (C=O) groups excluding carboxylic acids is 1. The van der Waals surface area contributed by atoms with Gasteiger partial charge in [0.1, 0.15) is 0 Å². The Balaban J connectivity index is 1.64. The van der Waals surface area contributed by atoms with Crippen molar-refractivity contribution in [3.63, 3.8) is 0 Å². The minimum absolute atomic E-state index is 0.0457. The highest BCUT2D eigenvalue weighted by atomic mass is 16.3. The zero-order valence-electron chi connectivity index (χ0n) is 14.7. The van der Waals surface area contributed by atoms with Crippen LogP contribution in [-0.4, -0.2) is 41.9 Å². The first kappa shape index (κ1) is 17.2. The first-order valence-corrected chi connectivity index (χ1v) is 8.56. The number of amides is 1. The van der Waals surface area contributed by atoms with E-state index in [2.05, 4.69) is 17.0 Å². The zero-order valence-corrected chi connectivity index (χ0v) is 14.7. The van der Waals surface area contributed by atoms with Gasteiger partial charge >= 0.3 is 0 Å². The van der Waals surface area contributed by atoms with E-state index in [9.17, 15) is 10.1 Å². The summed E-state index contributed by atoms with van der Waals surface area (Å²) in [7, 11) is 0. The number of rotatable bonds is 4. The van der Waals surface area contributed by atoms with Crippen molar-refractivity contribution in [3.8, 4) is 6.07 Å². The lowest BCUT2D eigenvalue weighted by Gasteiger charge is -2.35. The smallest absolute Gasteiger partial charge is 0.289 e. The van der Waals surface area contributed by atoms with E-state index in [4.69, 9.17) is 4.42 Å². The fourth-order valence-electron chi connectivity index (χ4n) is 3.23. The molecule has 0 radical (unpaired) electrons. The third kappa shape index (κ3) is 3.75. The molecule has 5 heteroatoms. The lowest BCUT2D eigenvalue weighted by Crippen LogP contribution is -2.48. The molecule has 1 aromatic heterocycles. The van der Waals surface area contributed by atoms with E-state index in [1.54, 1.807) is 12.1 Å². The van der Waals surface area contributed by atoms with Crippen LogP contribution in [0.15, 0.2) is 47.1 Å². The van der Waals surface area contributed by atoms with Crippen LogP contribution in [0.4, 0.5) is 0 Å². The molecule has 1 aromatic carbocycles. The van der Waals surface area contributed by atoms with Crippen molar-refractivity contribution >= 4 is 5.91 Å². The Morgan fingerprint density at radius 1 is 1.16 bits per heavy atom. The van der Waals surface area contributed by atoms with E-state index < -0.39 is 5.41 Å². The van der Waals surface area contributed by atoms with Gasteiger partial charge in [0, 0.05) is 32.7 Å². The molecule has 0 atom stereocenters. The number of nitrogens with zero attached hydrogens (tertiary/aromatic N) is 3. The fraction of sp³-hybridized carbons (Fsp3) is 0.400. The largest absolute Gasteiger partial charge is 0.459 e. The average Bonchev–Trinajstić information content (AvgIpc) is 3.17. The summed E-state index contributed by atoms with van der Waals surface area (Å²) in [6.45, 7) is 7.69. The molecule has 0 spiro atoms. The highest BCUT2D eigenvalue weighted by Crippen LogP contribution is 2.27. The average molecular weight is 337 g/mol. The molecule has 2 heterocycles. The van der Waals surface area contributed by atoms with Gasteiger partial charge in [-0.15, -0.1) is 0 Å². The second kappa shape index (κ2) is 7.12. The summed E-state index contributed by atoms with van der Waals surface area (Å²) in [6.07, 6.45) is 1.53. The third-order valence-corrected chi connectivity index (χ3v) is 4.76. The maximum Gasteiger partial charge on any atom is 0.289 e. The second-order valence-corrected chi connectivity index (χ2v) is 6.94. The van der Waals surface area contributed by atoms with Gasteiger partial charge in [-0.1, -0.05) is 24.3 Å².